The first-order valence-corrected chi connectivity index (χ1v) is 9.08. The molecule has 1 saturated heterocycles. The quantitative estimate of drug-likeness (QED) is 0.925. The number of benzene rings is 1. The van der Waals surface area contributed by atoms with Crippen molar-refractivity contribution in [2.24, 2.45) is 23.5 Å². The first kappa shape index (κ1) is 15.9. The lowest BCUT2D eigenvalue weighted by Gasteiger charge is -2.37. The molecular formula is C19H25FN2O2. The van der Waals surface area contributed by atoms with Crippen molar-refractivity contribution in [2.75, 3.05) is 13.1 Å². The highest BCUT2D eigenvalue weighted by atomic mass is 19.1. The van der Waals surface area contributed by atoms with Crippen molar-refractivity contribution in [3.05, 3.63) is 30.1 Å². The molecule has 3 aliphatic rings. The Kier molecular flexibility index (Phi) is 4.21. The maximum Gasteiger partial charge on any atom is 0.227 e. The van der Waals surface area contributed by atoms with Gasteiger partial charge in [0.25, 0.3) is 0 Å². The molecule has 4 nitrogen and oxygen atoms in total. The Morgan fingerprint density at radius 2 is 1.75 bits per heavy atom. The van der Waals surface area contributed by atoms with E-state index in [-0.39, 0.29) is 29.8 Å². The molecule has 130 valence electrons. The highest BCUT2D eigenvalue weighted by Gasteiger charge is 2.50. The minimum absolute atomic E-state index is 0.0401. The number of carbonyl (C=O) groups is 1. The minimum Gasteiger partial charge on any atom is -0.490 e. The molecule has 0 aromatic heterocycles. The molecule has 1 aromatic carbocycles. The van der Waals surface area contributed by atoms with E-state index in [0.29, 0.717) is 17.6 Å². The van der Waals surface area contributed by atoms with Gasteiger partial charge in [-0.15, -0.1) is 0 Å². The molecule has 2 N–H and O–H groups in total. The number of hydrogen-bond acceptors (Lipinski definition) is 3. The van der Waals surface area contributed by atoms with Crippen molar-refractivity contribution in [1.29, 1.82) is 0 Å². The molecule has 4 atom stereocenters. The number of fused-ring (bicyclic) bond motifs is 2. The van der Waals surface area contributed by atoms with Crippen LogP contribution in [0.4, 0.5) is 4.39 Å². The SMILES string of the molecule is N[C@H]1[C@H]2CC[C@@H](C2)[C@@H]1C(=O)N1CCC(Oc2ccc(F)cc2)CC1. The van der Waals surface area contributed by atoms with Crippen molar-refractivity contribution in [3.8, 4) is 5.75 Å². The molecule has 2 saturated carbocycles. The third-order valence-electron chi connectivity index (χ3n) is 6.14. The van der Waals surface area contributed by atoms with Crippen LogP contribution in [-0.2, 0) is 4.79 Å². The molecule has 2 bridgehead atoms. The first-order chi connectivity index (χ1) is 11.6. The third-order valence-corrected chi connectivity index (χ3v) is 6.14. The van der Waals surface area contributed by atoms with Gasteiger partial charge in [-0.1, -0.05) is 0 Å². The number of nitrogens with two attached hydrogens (primary N) is 1. The fourth-order valence-corrected chi connectivity index (χ4v) is 4.81. The summed E-state index contributed by atoms with van der Waals surface area (Å²) in [7, 11) is 0. The number of hydrogen-bond donors (Lipinski definition) is 1. The average molecular weight is 332 g/mol. The fourth-order valence-electron chi connectivity index (χ4n) is 4.81. The molecule has 2 aliphatic carbocycles. The van der Waals surface area contributed by atoms with Gasteiger partial charge in [0.1, 0.15) is 17.7 Å². The van der Waals surface area contributed by atoms with Crippen molar-refractivity contribution < 1.29 is 13.9 Å². The van der Waals surface area contributed by atoms with Gasteiger partial charge >= 0.3 is 0 Å². The van der Waals surface area contributed by atoms with Crippen LogP contribution >= 0.6 is 0 Å². The van der Waals surface area contributed by atoms with Crippen molar-refractivity contribution in [3.63, 3.8) is 0 Å². The van der Waals surface area contributed by atoms with Gasteiger partial charge in [-0.2, -0.15) is 0 Å². The Labute approximate surface area is 142 Å². The van der Waals surface area contributed by atoms with Crippen LogP contribution in [0.1, 0.15) is 32.1 Å². The predicted octanol–water partition coefficient (Wildman–Crippen LogP) is 2.57. The molecule has 5 heteroatoms. The minimum atomic E-state index is -0.259. The van der Waals surface area contributed by atoms with Crippen LogP contribution in [0.5, 0.6) is 5.75 Å². The summed E-state index contributed by atoms with van der Waals surface area (Å²) in [5, 5.41) is 0. The summed E-state index contributed by atoms with van der Waals surface area (Å²) < 4.78 is 18.8. The van der Waals surface area contributed by atoms with E-state index in [0.717, 1.165) is 32.4 Å². The summed E-state index contributed by atoms with van der Waals surface area (Å²) in [6.45, 7) is 1.45. The maximum absolute atomic E-state index is 12.9. The van der Waals surface area contributed by atoms with Crippen LogP contribution in [0.3, 0.4) is 0 Å². The maximum atomic E-state index is 12.9. The van der Waals surface area contributed by atoms with Crippen LogP contribution in [0.2, 0.25) is 0 Å². The summed E-state index contributed by atoms with van der Waals surface area (Å²) in [6.07, 6.45) is 5.23. The van der Waals surface area contributed by atoms with Crippen LogP contribution in [0.15, 0.2) is 24.3 Å². The number of ether oxygens (including phenoxy) is 1. The van der Waals surface area contributed by atoms with E-state index in [1.165, 1.54) is 25.0 Å². The average Bonchev–Trinajstić information content (AvgIpc) is 3.18. The van der Waals surface area contributed by atoms with E-state index in [4.69, 9.17) is 10.5 Å². The summed E-state index contributed by atoms with van der Waals surface area (Å²) in [6, 6.07) is 6.18. The van der Waals surface area contributed by atoms with E-state index in [2.05, 4.69) is 0 Å². The highest BCUT2D eigenvalue weighted by Crippen LogP contribution is 2.48. The van der Waals surface area contributed by atoms with E-state index >= 15 is 0 Å². The summed E-state index contributed by atoms with van der Waals surface area (Å²) >= 11 is 0. The summed E-state index contributed by atoms with van der Waals surface area (Å²) in [5.41, 5.74) is 6.31. The standard InChI is InChI=1S/C19H25FN2O2/c20-14-3-5-15(6-4-14)24-16-7-9-22(10-8-16)19(23)17-12-1-2-13(11-12)18(17)21/h3-6,12-13,16-18H,1-2,7-11,21H2/t12-,13-,17-,18-/m0/s1. The van der Waals surface area contributed by atoms with Gasteiger partial charge < -0.3 is 15.4 Å². The predicted molar refractivity (Wildman–Crippen MR) is 88.9 cm³/mol. The Bertz CT molecular complexity index is 596. The number of nitrogens with zero attached hydrogens (tertiary/aromatic N) is 1. The second-order valence-corrected chi connectivity index (χ2v) is 7.53. The van der Waals surface area contributed by atoms with E-state index in [1.807, 2.05) is 4.90 Å². The number of rotatable bonds is 3. The molecule has 24 heavy (non-hydrogen) atoms. The van der Waals surface area contributed by atoms with Gasteiger partial charge in [0.05, 0.1) is 5.92 Å². The Morgan fingerprint density at radius 1 is 1.08 bits per heavy atom. The number of likely N-dealkylation sites (tertiary alicyclic amines) is 1. The van der Waals surface area contributed by atoms with Crippen LogP contribution in [0.25, 0.3) is 0 Å². The van der Waals surface area contributed by atoms with Gasteiger partial charge in [-0.3, -0.25) is 4.79 Å². The zero-order valence-corrected chi connectivity index (χ0v) is 13.9. The van der Waals surface area contributed by atoms with Gasteiger partial charge in [0, 0.05) is 32.0 Å². The van der Waals surface area contributed by atoms with Gasteiger partial charge in [-0.25, -0.2) is 4.39 Å². The summed E-state index contributed by atoms with van der Waals surface area (Å²) in [4.78, 5) is 14.8. The van der Waals surface area contributed by atoms with Crippen molar-refractivity contribution >= 4 is 5.91 Å². The van der Waals surface area contributed by atoms with Crippen molar-refractivity contribution in [1.82, 2.24) is 4.90 Å². The first-order valence-electron chi connectivity index (χ1n) is 9.08. The highest BCUT2D eigenvalue weighted by molar-refractivity contribution is 5.80. The monoisotopic (exact) mass is 332 g/mol. The molecule has 1 amide bonds. The molecule has 3 fully saturated rings. The van der Waals surface area contributed by atoms with Crippen LogP contribution < -0.4 is 10.5 Å². The number of piperidine rings is 1. The second kappa shape index (κ2) is 6.36. The largest absolute Gasteiger partial charge is 0.490 e. The Balaban J connectivity index is 1.31. The zero-order valence-electron chi connectivity index (χ0n) is 13.9. The van der Waals surface area contributed by atoms with Crippen molar-refractivity contribution in [2.45, 2.75) is 44.2 Å². The van der Waals surface area contributed by atoms with Gasteiger partial charge in [0.15, 0.2) is 0 Å². The molecule has 0 unspecified atom stereocenters. The number of halogens is 1. The van der Waals surface area contributed by atoms with Gasteiger partial charge in [-0.05, 0) is 55.4 Å². The zero-order chi connectivity index (χ0) is 16.7. The molecule has 4 rings (SSSR count). The normalized spacial score (nSPS) is 33.0. The lowest BCUT2D eigenvalue weighted by molar-refractivity contribution is -0.139. The van der Waals surface area contributed by atoms with Crippen LogP contribution in [-0.4, -0.2) is 36.0 Å². The molecule has 0 radical (unpaired) electrons. The molecule has 1 aromatic rings. The lowest BCUT2D eigenvalue weighted by atomic mass is 9.83. The second-order valence-electron chi connectivity index (χ2n) is 7.53. The number of amides is 1. The molecule has 1 aliphatic heterocycles. The fraction of sp³-hybridized carbons (Fsp3) is 0.632. The molecule has 0 spiro atoms. The summed E-state index contributed by atoms with van der Waals surface area (Å²) in [5.74, 6) is 1.79. The van der Waals surface area contributed by atoms with E-state index in [9.17, 15) is 9.18 Å². The number of carbonyl (C=O) groups excluding carboxylic acids is 1. The lowest BCUT2D eigenvalue weighted by Crippen LogP contribution is -2.50. The molecule has 1 heterocycles. The van der Waals surface area contributed by atoms with Gasteiger partial charge in [0.2, 0.25) is 5.91 Å². The van der Waals surface area contributed by atoms with E-state index in [1.54, 1.807) is 12.1 Å². The Morgan fingerprint density at radius 3 is 2.38 bits per heavy atom. The third kappa shape index (κ3) is 2.90. The van der Waals surface area contributed by atoms with Crippen LogP contribution in [0, 0.1) is 23.6 Å². The topological polar surface area (TPSA) is 55.6 Å². The smallest absolute Gasteiger partial charge is 0.227 e. The Hall–Kier alpha value is -1.62. The molecular weight excluding hydrogens is 307 g/mol. The van der Waals surface area contributed by atoms with E-state index < -0.39 is 0 Å².